The van der Waals surface area contributed by atoms with E-state index in [2.05, 4.69) is 15.5 Å². The third-order valence-corrected chi connectivity index (χ3v) is 4.61. The molecule has 1 aromatic carbocycles. The second-order valence-electron chi connectivity index (χ2n) is 5.97. The number of benzene rings is 1. The van der Waals surface area contributed by atoms with E-state index in [-0.39, 0.29) is 11.9 Å². The highest BCUT2D eigenvalue weighted by molar-refractivity contribution is 6.32. The van der Waals surface area contributed by atoms with Crippen molar-refractivity contribution < 1.29 is 14.3 Å². The SMILES string of the molecule is Cc1nnc2n1CC(NC(=O)c1cc(Cl)c3c(c1)OCCO3)CC2. The van der Waals surface area contributed by atoms with Crippen molar-refractivity contribution in [1.82, 2.24) is 20.1 Å². The molecule has 1 aromatic heterocycles. The van der Waals surface area contributed by atoms with E-state index in [0.29, 0.717) is 41.8 Å². The molecule has 0 fully saturated rings. The summed E-state index contributed by atoms with van der Waals surface area (Å²) in [6, 6.07) is 3.32. The molecule has 3 heterocycles. The number of ether oxygens (including phenoxy) is 2. The fraction of sp³-hybridized carbons (Fsp3) is 0.438. The summed E-state index contributed by atoms with van der Waals surface area (Å²) in [6.07, 6.45) is 1.63. The van der Waals surface area contributed by atoms with E-state index >= 15 is 0 Å². The summed E-state index contributed by atoms with van der Waals surface area (Å²) in [7, 11) is 0. The molecule has 0 spiro atoms. The molecule has 0 saturated carbocycles. The lowest BCUT2D eigenvalue weighted by Crippen LogP contribution is -2.41. The van der Waals surface area contributed by atoms with Crippen molar-refractivity contribution in [2.75, 3.05) is 13.2 Å². The molecule has 1 N–H and O–H groups in total. The number of nitrogens with zero attached hydrogens (tertiary/aromatic N) is 3. The number of halogens is 1. The van der Waals surface area contributed by atoms with Gasteiger partial charge in [-0.3, -0.25) is 4.79 Å². The summed E-state index contributed by atoms with van der Waals surface area (Å²) < 4.78 is 13.1. The van der Waals surface area contributed by atoms with Gasteiger partial charge in [-0.25, -0.2) is 0 Å². The minimum Gasteiger partial charge on any atom is -0.486 e. The molecular formula is C16H17ClN4O3. The molecule has 0 radical (unpaired) electrons. The van der Waals surface area contributed by atoms with Gasteiger partial charge in [0, 0.05) is 24.6 Å². The smallest absolute Gasteiger partial charge is 0.251 e. The minimum atomic E-state index is -0.173. The average molecular weight is 349 g/mol. The van der Waals surface area contributed by atoms with Gasteiger partial charge in [-0.05, 0) is 25.5 Å². The quantitative estimate of drug-likeness (QED) is 0.894. The number of hydrogen-bond donors (Lipinski definition) is 1. The number of aromatic nitrogens is 3. The lowest BCUT2D eigenvalue weighted by atomic mass is 10.1. The van der Waals surface area contributed by atoms with Gasteiger partial charge in [0.05, 0.1) is 5.02 Å². The third-order valence-electron chi connectivity index (χ3n) is 4.33. The number of nitrogens with one attached hydrogen (secondary N) is 1. The maximum atomic E-state index is 12.6. The van der Waals surface area contributed by atoms with E-state index in [1.807, 2.05) is 11.5 Å². The van der Waals surface area contributed by atoms with E-state index < -0.39 is 0 Å². The molecule has 7 nitrogen and oxygen atoms in total. The predicted octanol–water partition coefficient (Wildman–Crippen LogP) is 1.76. The lowest BCUT2D eigenvalue weighted by Gasteiger charge is -2.25. The standard InChI is InChI=1S/C16H17ClN4O3/c1-9-19-20-14-3-2-11(8-21(9)14)18-16(22)10-6-12(17)15-13(7-10)23-4-5-24-15/h6-7,11H,2-5,8H2,1H3,(H,18,22). The number of amides is 1. The summed E-state index contributed by atoms with van der Waals surface area (Å²) in [5.74, 6) is 2.68. The Hall–Kier alpha value is -2.28. The van der Waals surface area contributed by atoms with Gasteiger partial charge in [-0.1, -0.05) is 11.6 Å². The molecule has 1 amide bonds. The normalized spacial score (nSPS) is 18.8. The summed E-state index contributed by atoms with van der Waals surface area (Å²) in [6.45, 7) is 3.51. The summed E-state index contributed by atoms with van der Waals surface area (Å²) >= 11 is 6.20. The Morgan fingerprint density at radius 1 is 1.33 bits per heavy atom. The summed E-state index contributed by atoms with van der Waals surface area (Å²) in [4.78, 5) is 12.6. The number of carbonyl (C=O) groups excluding carboxylic acids is 1. The molecule has 1 atom stereocenters. The number of aryl methyl sites for hydroxylation is 2. The van der Waals surface area contributed by atoms with Gasteiger partial charge >= 0.3 is 0 Å². The van der Waals surface area contributed by atoms with Crippen LogP contribution in [0.4, 0.5) is 0 Å². The molecule has 0 saturated heterocycles. The van der Waals surface area contributed by atoms with Crippen LogP contribution in [-0.4, -0.2) is 39.9 Å². The first-order chi connectivity index (χ1) is 11.6. The van der Waals surface area contributed by atoms with Crippen LogP contribution in [0.25, 0.3) is 0 Å². The summed E-state index contributed by atoms with van der Waals surface area (Å²) in [5.41, 5.74) is 0.468. The molecule has 0 aliphatic carbocycles. The van der Waals surface area contributed by atoms with Crippen LogP contribution in [0.2, 0.25) is 5.02 Å². The van der Waals surface area contributed by atoms with Gasteiger partial charge in [0.25, 0.3) is 5.91 Å². The minimum absolute atomic E-state index is 0.0340. The fourth-order valence-corrected chi connectivity index (χ4v) is 3.36. The van der Waals surface area contributed by atoms with Crippen LogP contribution in [0.1, 0.15) is 28.4 Å². The zero-order chi connectivity index (χ0) is 16.7. The van der Waals surface area contributed by atoms with Crippen molar-refractivity contribution in [2.45, 2.75) is 32.4 Å². The lowest BCUT2D eigenvalue weighted by molar-refractivity contribution is 0.0926. The van der Waals surface area contributed by atoms with E-state index in [9.17, 15) is 4.79 Å². The van der Waals surface area contributed by atoms with Gasteiger partial charge in [-0.2, -0.15) is 0 Å². The first-order valence-electron chi connectivity index (χ1n) is 7.90. The third kappa shape index (κ3) is 2.69. The number of fused-ring (bicyclic) bond motifs is 2. The van der Waals surface area contributed by atoms with Crippen LogP contribution in [-0.2, 0) is 13.0 Å². The fourth-order valence-electron chi connectivity index (χ4n) is 3.09. The van der Waals surface area contributed by atoms with E-state index in [1.54, 1.807) is 12.1 Å². The average Bonchev–Trinajstić information content (AvgIpc) is 2.96. The molecule has 2 aromatic rings. The van der Waals surface area contributed by atoms with Crippen molar-refractivity contribution in [3.05, 3.63) is 34.4 Å². The van der Waals surface area contributed by atoms with Crippen molar-refractivity contribution in [3.63, 3.8) is 0 Å². The van der Waals surface area contributed by atoms with E-state index in [4.69, 9.17) is 21.1 Å². The van der Waals surface area contributed by atoms with Crippen LogP contribution in [0.5, 0.6) is 11.5 Å². The highest BCUT2D eigenvalue weighted by Crippen LogP contribution is 2.38. The Labute approximate surface area is 143 Å². The topological polar surface area (TPSA) is 78.3 Å². The van der Waals surface area contributed by atoms with E-state index in [1.165, 1.54) is 0 Å². The molecule has 2 aliphatic heterocycles. The van der Waals surface area contributed by atoms with Crippen molar-refractivity contribution in [3.8, 4) is 11.5 Å². The molecular weight excluding hydrogens is 332 g/mol. The molecule has 8 heteroatoms. The number of rotatable bonds is 2. The summed E-state index contributed by atoms with van der Waals surface area (Å²) in [5, 5.41) is 11.7. The Bertz CT molecular complexity index is 805. The second-order valence-corrected chi connectivity index (χ2v) is 6.37. The molecule has 0 bridgehead atoms. The Balaban J connectivity index is 1.51. The highest BCUT2D eigenvalue weighted by Gasteiger charge is 2.25. The monoisotopic (exact) mass is 348 g/mol. The van der Waals surface area contributed by atoms with Gasteiger partial charge in [0.1, 0.15) is 24.9 Å². The maximum Gasteiger partial charge on any atom is 0.251 e. The number of hydrogen-bond acceptors (Lipinski definition) is 5. The van der Waals surface area contributed by atoms with E-state index in [0.717, 1.165) is 24.5 Å². The molecule has 126 valence electrons. The zero-order valence-corrected chi connectivity index (χ0v) is 14.0. The highest BCUT2D eigenvalue weighted by atomic mass is 35.5. The first kappa shape index (κ1) is 15.3. The van der Waals surface area contributed by atoms with Crippen LogP contribution < -0.4 is 14.8 Å². The van der Waals surface area contributed by atoms with Crippen LogP contribution >= 0.6 is 11.6 Å². The molecule has 1 unspecified atom stereocenters. The van der Waals surface area contributed by atoms with Crippen LogP contribution in [0.15, 0.2) is 12.1 Å². The van der Waals surface area contributed by atoms with Crippen LogP contribution in [0, 0.1) is 6.92 Å². The predicted molar refractivity (Wildman–Crippen MR) is 86.8 cm³/mol. The Morgan fingerprint density at radius 2 is 2.17 bits per heavy atom. The Morgan fingerprint density at radius 3 is 3.04 bits per heavy atom. The zero-order valence-electron chi connectivity index (χ0n) is 13.2. The van der Waals surface area contributed by atoms with Crippen molar-refractivity contribution >= 4 is 17.5 Å². The van der Waals surface area contributed by atoms with Crippen molar-refractivity contribution in [2.24, 2.45) is 0 Å². The van der Waals surface area contributed by atoms with Crippen molar-refractivity contribution in [1.29, 1.82) is 0 Å². The maximum absolute atomic E-state index is 12.6. The van der Waals surface area contributed by atoms with Crippen LogP contribution in [0.3, 0.4) is 0 Å². The van der Waals surface area contributed by atoms with Gasteiger partial charge < -0.3 is 19.4 Å². The molecule has 4 rings (SSSR count). The molecule has 2 aliphatic rings. The van der Waals surface area contributed by atoms with Gasteiger partial charge in [0.2, 0.25) is 0 Å². The van der Waals surface area contributed by atoms with Gasteiger partial charge in [-0.15, -0.1) is 10.2 Å². The largest absolute Gasteiger partial charge is 0.486 e. The number of carbonyl (C=O) groups is 1. The second kappa shape index (κ2) is 5.98. The Kier molecular flexibility index (Phi) is 3.80. The molecule has 24 heavy (non-hydrogen) atoms. The van der Waals surface area contributed by atoms with Gasteiger partial charge in [0.15, 0.2) is 11.5 Å². The first-order valence-corrected chi connectivity index (χ1v) is 8.28.